The third-order valence-corrected chi connectivity index (χ3v) is 1.84. The molecule has 0 aliphatic carbocycles. The Morgan fingerprint density at radius 3 is 1.30 bits per heavy atom. The summed E-state index contributed by atoms with van der Waals surface area (Å²) in [6.07, 6.45) is -7.79. The predicted molar refractivity (Wildman–Crippen MR) is 78.3 cm³/mol. The van der Waals surface area contributed by atoms with Crippen LogP contribution in [0.15, 0.2) is 0 Å². The zero-order valence-corrected chi connectivity index (χ0v) is 13.2. The highest BCUT2D eigenvalue weighted by molar-refractivity contribution is 5.56. The lowest BCUT2D eigenvalue weighted by Gasteiger charge is -2.22. The molecule has 0 fully saturated rings. The van der Waals surface area contributed by atoms with E-state index in [1.807, 2.05) is 0 Å². The van der Waals surface area contributed by atoms with E-state index in [9.17, 15) is 4.79 Å². The van der Waals surface area contributed by atoms with Crippen molar-refractivity contribution in [2.75, 3.05) is 33.5 Å². The maximum Gasteiger partial charge on any atom is 0.151 e. The number of rotatable bonds is 7. The van der Waals surface area contributed by atoms with Gasteiger partial charge in [0.2, 0.25) is 0 Å². The molecule has 11 heteroatoms. The van der Waals surface area contributed by atoms with Crippen LogP contribution >= 0.6 is 0 Å². The molecular formula is C12H30O11. The number of aliphatic hydroxyl groups is 10. The molecule has 4 atom stereocenters. The lowest BCUT2D eigenvalue weighted by atomic mass is 10.0. The Labute approximate surface area is 134 Å². The van der Waals surface area contributed by atoms with Gasteiger partial charge in [-0.05, 0) is 6.92 Å². The Kier molecular flexibility index (Phi) is 30.9. The van der Waals surface area contributed by atoms with E-state index in [0.29, 0.717) is 0 Å². The normalized spacial score (nSPS) is 14.7. The van der Waals surface area contributed by atoms with Crippen molar-refractivity contribution in [2.24, 2.45) is 0 Å². The van der Waals surface area contributed by atoms with E-state index in [2.05, 4.69) is 0 Å². The summed E-state index contributed by atoms with van der Waals surface area (Å²) < 4.78 is 0. The molecule has 0 spiro atoms. The molecule has 0 aliphatic heterocycles. The summed E-state index contributed by atoms with van der Waals surface area (Å²) in [5.41, 5.74) is 0. The van der Waals surface area contributed by atoms with Crippen molar-refractivity contribution in [3.63, 3.8) is 0 Å². The van der Waals surface area contributed by atoms with Crippen LogP contribution in [0, 0.1) is 0 Å². The Bertz CT molecular complexity index is 213. The highest BCUT2D eigenvalue weighted by Gasteiger charge is 2.29. The van der Waals surface area contributed by atoms with E-state index < -0.39 is 37.1 Å². The average molecular weight is 350 g/mol. The van der Waals surface area contributed by atoms with Crippen LogP contribution in [0.1, 0.15) is 6.92 Å². The first-order valence-corrected chi connectivity index (χ1v) is 6.50. The third kappa shape index (κ3) is 21.3. The standard InChI is InChI=1S/C6H12O6.C3H8O3.C2H6O.CH4O/c7-1-3(9)5(11)6(12)4(10)2-8;4-1-3(6)2-5;1-2-3;1-2/h1,3-6,8-12H,2H2;3-6H,1-2H2;3H,2H2,1H3;2H,1H3/t3-,4+,5+,6+;;;/m0.../s1. The van der Waals surface area contributed by atoms with Crippen molar-refractivity contribution in [1.29, 1.82) is 0 Å². The number of aliphatic hydroxyl groups excluding tert-OH is 10. The SMILES string of the molecule is CCO.CO.O=C[C@H](O)[C@@H](O)[C@H](O)[C@H](O)CO.OCC(O)CO. The maximum atomic E-state index is 9.90. The minimum absolute atomic E-state index is 0.0258. The van der Waals surface area contributed by atoms with Gasteiger partial charge in [-0.15, -0.1) is 0 Å². The van der Waals surface area contributed by atoms with Crippen molar-refractivity contribution in [3.05, 3.63) is 0 Å². The summed E-state index contributed by atoms with van der Waals surface area (Å²) in [6.45, 7) is 0.441. The molecule has 0 heterocycles. The summed E-state index contributed by atoms with van der Waals surface area (Å²) >= 11 is 0. The second-order valence-corrected chi connectivity index (χ2v) is 3.69. The van der Waals surface area contributed by atoms with Crippen LogP contribution in [0.4, 0.5) is 0 Å². The van der Waals surface area contributed by atoms with Crippen LogP contribution in [0.2, 0.25) is 0 Å². The Balaban J connectivity index is -0.000000137. The fraction of sp³-hybridized carbons (Fsp3) is 0.917. The molecule has 0 saturated carbocycles. The fourth-order valence-electron chi connectivity index (χ4n) is 0.676. The highest BCUT2D eigenvalue weighted by atomic mass is 16.4. The van der Waals surface area contributed by atoms with Gasteiger partial charge in [-0.1, -0.05) is 0 Å². The predicted octanol–water partition coefficient (Wildman–Crippen LogP) is -5.44. The number of carbonyl (C=O) groups excluding carboxylic acids is 1. The van der Waals surface area contributed by atoms with Gasteiger partial charge < -0.3 is 55.9 Å². The molecule has 0 amide bonds. The maximum absolute atomic E-state index is 9.90. The van der Waals surface area contributed by atoms with Gasteiger partial charge in [0.25, 0.3) is 0 Å². The number of hydrogen-bond donors (Lipinski definition) is 10. The van der Waals surface area contributed by atoms with Crippen molar-refractivity contribution in [2.45, 2.75) is 37.4 Å². The zero-order valence-electron chi connectivity index (χ0n) is 13.2. The molecular weight excluding hydrogens is 320 g/mol. The van der Waals surface area contributed by atoms with Crippen LogP contribution < -0.4 is 0 Å². The second kappa shape index (κ2) is 23.5. The van der Waals surface area contributed by atoms with Crippen LogP contribution in [-0.2, 0) is 4.79 Å². The van der Waals surface area contributed by atoms with E-state index in [1.165, 1.54) is 0 Å². The van der Waals surface area contributed by atoms with E-state index in [0.717, 1.165) is 7.11 Å². The van der Waals surface area contributed by atoms with Gasteiger partial charge in [0.1, 0.15) is 30.5 Å². The quantitative estimate of drug-likeness (QED) is 0.195. The van der Waals surface area contributed by atoms with Gasteiger partial charge in [0.15, 0.2) is 6.29 Å². The van der Waals surface area contributed by atoms with Crippen molar-refractivity contribution < 1.29 is 55.9 Å². The molecule has 0 radical (unpaired) electrons. The van der Waals surface area contributed by atoms with Gasteiger partial charge in [0.05, 0.1) is 19.8 Å². The molecule has 0 bridgehead atoms. The Morgan fingerprint density at radius 2 is 1.13 bits per heavy atom. The number of aldehydes is 1. The monoisotopic (exact) mass is 350 g/mol. The number of hydrogen-bond acceptors (Lipinski definition) is 11. The van der Waals surface area contributed by atoms with Gasteiger partial charge in [-0.3, -0.25) is 0 Å². The van der Waals surface area contributed by atoms with Gasteiger partial charge in [-0.2, -0.15) is 0 Å². The van der Waals surface area contributed by atoms with E-state index in [-0.39, 0.29) is 26.1 Å². The Morgan fingerprint density at radius 1 is 0.783 bits per heavy atom. The van der Waals surface area contributed by atoms with Crippen molar-refractivity contribution >= 4 is 6.29 Å². The minimum atomic E-state index is -1.79. The van der Waals surface area contributed by atoms with Crippen LogP contribution in [-0.4, -0.2) is 121 Å². The first-order chi connectivity index (χ1) is 10.8. The molecule has 0 aromatic carbocycles. The first-order valence-electron chi connectivity index (χ1n) is 6.50. The Hall–Kier alpha value is -0.730. The highest BCUT2D eigenvalue weighted by Crippen LogP contribution is 2.02. The first kappa shape index (κ1) is 30.2. The molecule has 23 heavy (non-hydrogen) atoms. The smallest absolute Gasteiger partial charge is 0.151 e. The minimum Gasteiger partial charge on any atom is -0.400 e. The summed E-state index contributed by atoms with van der Waals surface area (Å²) in [5.74, 6) is 0. The molecule has 0 saturated heterocycles. The lowest BCUT2D eigenvalue weighted by Crippen LogP contribution is -2.46. The topological polar surface area (TPSA) is 219 Å². The van der Waals surface area contributed by atoms with Crippen LogP contribution in [0.25, 0.3) is 0 Å². The lowest BCUT2D eigenvalue weighted by molar-refractivity contribution is -0.136. The summed E-state index contributed by atoms with van der Waals surface area (Å²) in [4.78, 5) is 9.90. The summed E-state index contributed by atoms with van der Waals surface area (Å²) in [6, 6.07) is 0. The van der Waals surface area contributed by atoms with Crippen LogP contribution in [0.5, 0.6) is 0 Å². The summed E-state index contributed by atoms with van der Waals surface area (Å²) in [7, 11) is 1.00. The van der Waals surface area contributed by atoms with E-state index >= 15 is 0 Å². The molecule has 0 unspecified atom stereocenters. The van der Waals surface area contributed by atoms with Crippen molar-refractivity contribution in [3.8, 4) is 0 Å². The average Bonchev–Trinajstić information content (AvgIpc) is 2.60. The zero-order chi connectivity index (χ0) is 19.4. The van der Waals surface area contributed by atoms with E-state index in [1.54, 1.807) is 6.92 Å². The van der Waals surface area contributed by atoms with Gasteiger partial charge >= 0.3 is 0 Å². The summed E-state index contributed by atoms with van der Waals surface area (Å²) in [5, 5.41) is 82.1. The third-order valence-electron chi connectivity index (χ3n) is 1.84. The molecule has 0 aromatic rings. The molecule has 144 valence electrons. The molecule has 0 aromatic heterocycles. The van der Waals surface area contributed by atoms with E-state index in [4.69, 9.17) is 51.1 Å². The molecule has 10 N–H and O–H groups in total. The molecule has 11 nitrogen and oxygen atoms in total. The second-order valence-electron chi connectivity index (χ2n) is 3.69. The largest absolute Gasteiger partial charge is 0.400 e. The van der Waals surface area contributed by atoms with Gasteiger partial charge in [-0.25, -0.2) is 0 Å². The molecule has 0 rings (SSSR count). The van der Waals surface area contributed by atoms with Crippen LogP contribution in [0.3, 0.4) is 0 Å². The van der Waals surface area contributed by atoms with Gasteiger partial charge in [0, 0.05) is 13.7 Å². The fourth-order valence-corrected chi connectivity index (χ4v) is 0.676. The molecule has 0 aliphatic rings. The number of carbonyl (C=O) groups is 1. The van der Waals surface area contributed by atoms with Crippen molar-refractivity contribution in [1.82, 2.24) is 0 Å².